The second-order valence-electron chi connectivity index (χ2n) is 3.93. The fourth-order valence-electron chi connectivity index (χ4n) is 1.32. The molecule has 0 aliphatic heterocycles. The Bertz CT molecular complexity index is 288. The fraction of sp³-hybridized carbons (Fsp3) is 0.700. The van der Waals surface area contributed by atoms with E-state index in [-0.39, 0.29) is 6.10 Å². The first kappa shape index (κ1) is 12.6. The zero-order valence-corrected chi connectivity index (χ0v) is 10.3. The Labute approximate surface area is 94.9 Å². The van der Waals surface area contributed by atoms with Crippen LogP contribution in [0.25, 0.3) is 0 Å². The molecule has 0 saturated heterocycles. The lowest BCUT2D eigenvalue weighted by molar-refractivity contribution is 0.134. The fourth-order valence-corrected chi connectivity index (χ4v) is 2.06. The number of hydrogen-bond acceptors (Lipinski definition) is 5. The molecule has 1 heterocycles. The van der Waals surface area contributed by atoms with Crippen molar-refractivity contribution in [3.8, 4) is 0 Å². The Balaban J connectivity index is 2.16. The third-order valence-electron chi connectivity index (χ3n) is 1.90. The lowest BCUT2D eigenvalue weighted by Gasteiger charge is -2.15. The highest BCUT2D eigenvalue weighted by atomic mass is 32.1. The standard InChI is InChI=1S/C10H19N3OS/c1-8-7-15-10(12-8)5-11-4-9(14)6-13(2)3/h7,9,11,14H,4-6H2,1-3H3. The van der Waals surface area contributed by atoms with Crippen LogP contribution in [0, 0.1) is 6.92 Å². The summed E-state index contributed by atoms with van der Waals surface area (Å²) in [6.07, 6.45) is -0.318. The summed E-state index contributed by atoms with van der Waals surface area (Å²) in [6, 6.07) is 0. The van der Waals surface area contributed by atoms with Crippen molar-refractivity contribution >= 4 is 11.3 Å². The lowest BCUT2D eigenvalue weighted by Crippen LogP contribution is -2.34. The molecular weight excluding hydrogens is 210 g/mol. The molecule has 0 aromatic carbocycles. The van der Waals surface area contributed by atoms with Gasteiger partial charge in [0.15, 0.2) is 0 Å². The van der Waals surface area contributed by atoms with Gasteiger partial charge in [0, 0.05) is 30.7 Å². The van der Waals surface area contributed by atoms with E-state index in [4.69, 9.17) is 0 Å². The Kier molecular flexibility index (Phi) is 5.17. The third kappa shape index (κ3) is 5.22. The van der Waals surface area contributed by atoms with Crippen molar-refractivity contribution < 1.29 is 5.11 Å². The molecule has 0 radical (unpaired) electrons. The quantitative estimate of drug-likeness (QED) is 0.744. The van der Waals surface area contributed by atoms with Crippen LogP contribution in [0.2, 0.25) is 0 Å². The molecule has 0 aliphatic carbocycles. The van der Waals surface area contributed by atoms with E-state index < -0.39 is 0 Å². The highest BCUT2D eigenvalue weighted by molar-refractivity contribution is 7.09. The molecule has 1 unspecified atom stereocenters. The van der Waals surface area contributed by atoms with Crippen LogP contribution in [0.5, 0.6) is 0 Å². The molecule has 0 fully saturated rings. The zero-order chi connectivity index (χ0) is 11.3. The molecule has 0 aliphatic rings. The number of aliphatic hydroxyl groups excluding tert-OH is 1. The molecule has 15 heavy (non-hydrogen) atoms. The van der Waals surface area contributed by atoms with Crippen LogP contribution < -0.4 is 5.32 Å². The van der Waals surface area contributed by atoms with Crippen LogP contribution in [0.4, 0.5) is 0 Å². The van der Waals surface area contributed by atoms with E-state index in [0.717, 1.165) is 17.2 Å². The van der Waals surface area contributed by atoms with Crippen molar-refractivity contribution in [2.45, 2.75) is 19.6 Å². The molecule has 2 N–H and O–H groups in total. The first-order valence-corrected chi connectivity index (χ1v) is 5.90. The van der Waals surface area contributed by atoms with Gasteiger partial charge in [-0.1, -0.05) is 0 Å². The predicted octanol–water partition coefficient (Wildman–Crippen LogP) is 0.464. The molecule has 1 atom stereocenters. The van der Waals surface area contributed by atoms with Crippen LogP contribution in [0.3, 0.4) is 0 Å². The molecule has 0 saturated carbocycles. The number of aromatic nitrogens is 1. The minimum Gasteiger partial charge on any atom is -0.390 e. The van der Waals surface area contributed by atoms with Crippen molar-refractivity contribution in [3.63, 3.8) is 0 Å². The molecule has 5 heteroatoms. The van der Waals surface area contributed by atoms with Gasteiger partial charge in [-0.05, 0) is 21.0 Å². The molecule has 0 spiro atoms. The number of hydrogen-bond donors (Lipinski definition) is 2. The minimum atomic E-state index is -0.318. The maximum atomic E-state index is 9.58. The molecule has 4 nitrogen and oxygen atoms in total. The Hall–Kier alpha value is -0.490. The zero-order valence-electron chi connectivity index (χ0n) is 9.53. The van der Waals surface area contributed by atoms with Gasteiger partial charge >= 0.3 is 0 Å². The summed E-state index contributed by atoms with van der Waals surface area (Å²) in [7, 11) is 3.90. The topological polar surface area (TPSA) is 48.4 Å². The van der Waals surface area contributed by atoms with E-state index in [2.05, 4.69) is 10.3 Å². The summed E-state index contributed by atoms with van der Waals surface area (Å²) in [5, 5.41) is 15.9. The first-order chi connectivity index (χ1) is 7.08. The predicted molar refractivity (Wildman–Crippen MR) is 63.1 cm³/mol. The number of rotatable bonds is 6. The molecule has 86 valence electrons. The van der Waals surface area contributed by atoms with Crippen molar-refractivity contribution in [3.05, 3.63) is 16.1 Å². The molecule has 0 amide bonds. The van der Waals surface area contributed by atoms with Gasteiger partial charge in [-0.25, -0.2) is 4.98 Å². The van der Waals surface area contributed by atoms with Crippen molar-refractivity contribution in [1.82, 2.24) is 15.2 Å². The SMILES string of the molecule is Cc1csc(CNCC(O)CN(C)C)n1. The van der Waals surface area contributed by atoms with Gasteiger partial charge in [0.25, 0.3) is 0 Å². The van der Waals surface area contributed by atoms with E-state index in [1.165, 1.54) is 0 Å². The van der Waals surface area contributed by atoms with Gasteiger partial charge < -0.3 is 15.3 Å². The average Bonchev–Trinajstić information content (AvgIpc) is 2.50. The largest absolute Gasteiger partial charge is 0.390 e. The van der Waals surface area contributed by atoms with E-state index in [0.29, 0.717) is 13.1 Å². The summed E-state index contributed by atoms with van der Waals surface area (Å²) in [4.78, 5) is 6.30. The lowest BCUT2D eigenvalue weighted by atomic mass is 10.3. The maximum absolute atomic E-state index is 9.58. The van der Waals surface area contributed by atoms with Crippen molar-refractivity contribution in [2.24, 2.45) is 0 Å². The summed E-state index contributed by atoms with van der Waals surface area (Å²) in [5.74, 6) is 0. The third-order valence-corrected chi connectivity index (χ3v) is 2.87. The van der Waals surface area contributed by atoms with Crippen LogP contribution in [0.1, 0.15) is 10.7 Å². The summed E-state index contributed by atoms with van der Waals surface area (Å²) < 4.78 is 0. The van der Waals surface area contributed by atoms with Crippen LogP contribution >= 0.6 is 11.3 Å². The molecule has 0 bridgehead atoms. The Morgan fingerprint density at radius 3 is 2.87 bits per heavy atom. The van der Waals surface area contributed by atoms with Gasteiger partial charge in [-0.2, -0.15) is 0 Å². The number of likely N-dealkylation sites (N-methyl/N-ethyl adjacent to an activating group) is 1. The molecule has 1 aromatic heterocycles. The minimum absolute atomic E-state index is 0.318. The van der Waals surface area contributed by atoms with Crippen LogP contribution in [-0.2, 0) is 6.54 Å². The molecule has 1 rings (SSSR count). The highest BCUT2D eigenvalue weighted by Gasteiger charge is 2.05. The number of nitrogens with one attached hydrogen (secondary N) is 1. The Morgan fingerprint density at radius 2 is 2.33 bits per heavy atom. The normalized spacial score (nSPS) is 13.4. The second kappa shape index (κ2) is 6.17. The molecular formula is C10H19N3OS. The van der Waals surface area contributed by atoms with Gasteiger partial charge in [0.2, 0.25) is 0 Å². The first-order valence-electron chi connectivity index (χ1n) is 5.02. The van der Waals surface area contributed by atoms with Crippen molar-refractivity contribution in [1.29, 1.82) is 0 Å². The van der Waals surface area contributed by atoms with Gasteiger partial charge in [0.1, 0.15) is 5.01 Å². The average molecular weight is 229 g/mol. The van der Waals surface area contributed by atoms with E-state index in [9.17, 15) is 5.11 Å². The van der Waals surface area contributed by atoms with Crippen LogP contribution in [0.15, 0.2) is 5.38 Å². The smallest absolute Gasteiger partial charge is 0.107 e. The van der Waals surface area contributed by atoms with Gasteiger partial charge in [-0.3, -0.25) is 0 Å². The summed E-state index contributed by atoms with van der Waals surface area (Å²) >= 11 is 1.65. The van der Waals surface area contributed by atoms with E-state index in [1.54, 1.807) is 11.3 Å². The number of aryl methyl sites for hydroxylation is 1. The van der Waals surface area contributed by atoms with Crippen LogP contribution in [-0.4, -0.2) is 48.3 Å². The molecule has 1 aromatic rings. The second-order valence-corrected chi connectivity index (χ2v) is 4.87. The Morgan fingerprint density at radius 1 is 1.60 bits per heavy atom. The number of nitrogens with zero attached hydrogens (tertiary/aromatic N) is 2. The van der Waals surface area contributed by atoms with E-state index in [1.807, 2.05) is 31.3 Å². The maximum Gasteiger partial charge on any atom is 0.107 e. The van der Waals surface area contributed by atoms with Gasteiger partial charge in [-0.15, -0.1) is 11.3 Å². The number of thiazole rings is 1. The van der Waals surface area contributed by atoms with Crippen molar-refractivity contribution in [2.75, 3.05) is 27.2 Å². The summed E-state index contributed by atoms with van der Waals surface area (Å²) in [6.45, 7) is 4.02. The van der Waals surface area contributed by atoms with E-state index >= 15 is 0 Å². The highest BCUT2D eigenvalue weighted by Crippen LogP contribution is 2.07. The summed E-state index contributed by atoms with van der Waals surface area (Å²) in [5.41, 5.74) is 1.06. The monoisotopic (exact) mass is 229 g/mol. The number of aliphatic hydroxyl groups is 1. The van der Waals surface area contributed by atoms with Gasteiger partial charge in [0.05, 0.1) is 6.10 Å².